The molecule has 5 heteroatoms. The van der Waals surface area contributed by atoms with Gasteiger partial charge in [-0.05, 0) is 18.4 Å². The van der Waals surface area contributed by atoms with Gasteiger partial charge < -0.3 is 10.0 Å². The van der Waals surface area contributed by atoms with Crippen molar-refractivity contribution in [2.75, 3.05) is 5.75 Å². The Morgan fingerprint density at radius 3 is 2.67 bits per heavy atom. The van der Waals surface area contributed by atoms with Crippen molar-refractivity contribution in [2.24, 2.45) is 0 Å². The molecule has 1 aliphatic heterocycles. The zero-order valence-electron chi connectivity index (χ0n) is 12.2. The predicted molar refractivity (Wildman–Crippen MR) is 84.2 cm³/mol. The van der Waals surface area contributed by atoms with Crippen LogP contribution in [0.5, 0.6) is 0 Å². The Bertz CT molecular complexity index is 492. The summed E-state index contributed by atoms with van der Waals surface area (Å²) in [6.45, 7) is 2.06. The first kappa shape index (κ1) is 15.9. The summed E-state index contributed by atoms with van der Waals surface area (Å²) < 4.78 is 0. The monoisotopic (exact) mass is 307 g/mol. The zero-order valence-corrected chi connectivity index (χ0v) is 13.0. The largest absolute Gasteiger partial charge is 0.480 e. The average Bonchev–Trinajstić information content (AvgIpc) is 2.90. The fraction of sp³-hybridized carbons (Fsp3) is 0.500. The molecule has 0 spiro atoms. The van der Waals surface area contributed by atoms with E-state index in [1.807, 2.05) is 30.3 Å². The maximum Gasteiger partial charge on any atom is 0.327 e. The number of carboxylic acid groups (broad SMARTS) is 1. The van der Waals surface area contributed by atoms with Crippen LogP contribution in [0.3, 0.4) is 0 Å². The van der Waals surface area contributed by atoms with Crippen LogP contribution in [0.1, 0.15) is 31.7 Å². The van der Waals surface area contributed by atoms with Crippen LogP contribution < -0.4 is 0 Å². The van der Waals surface area contributed by atoms with Crippen molar-refractivity contribution in [3.63, 3.8) is 0 Å². The summed E-state index contributed by atoms with van der Waals surface area (Å²) in [5.41, 5.74) is 1.11. The van der Waals surface area contributed by atoms with Crippen LogP contribution in [0.15, 0.2) is 30.3 Å². The highest BCUT2D eigenvalue weighted by atomic mass is 32.2. The second kappa shape index (κ2) is 7.50. The molecule has 1 aromatic carbocycles. The van der Waals surface area contributed by atoms with Crippen LogP contribution in [0.25, 0.3) is 0 Å². The number of aryl methyl sites for hydroxylation is 1. The molecule has 2 rings (SSSR count). The molecule has 2 atom stereocenters. The molecule has 1 aromatic rings. The lowest BCUT2D eigenvalue weighted by Gasteiger charge is -2.27. The molecule has 0 radical (unpaired) electrons. The minimum Gasteiger partial charge on any atom is -0.480 e. The summed E-state index contributed by atoms with van der Waals surface area (Å²) in [5, 5.41) is 9.31. The molecule has 1 saturated heterocycles. The first-order chi connectivity index (χ1) is 10.1. The lowest BCUT2D eigenvalue weighted by atomic mass is 10.1. The topological polar surface area (TPSA) is 57.6 Å². The van der Waals surface area contributed by atoms with Gasteiger partial charge in [0, 0.05) is 12.2 Å². The summed E-state index contributed by atoms with van der Waals surface area (Å²) in [6.07, 6.45) is 2.83. The minimum atomic E-state index is -0.894. The molecule has 0 aliphatic carbocycles. The molecule has 1 amide bonds. The first-order valence-corrected chi connectivity index (χ1v) is 8.38. The number of hydrogen-bond acceptors (Lipinski definition) is 3. The average molecular weight is 307 g/mol. The number of nitrogens with zero attached hydrogens (tertiary/aromatic N) is 1. The molecule has 0 aromatic heterocycles. The van der Waals surface area contributed by atoms with Gasteiger partial charge in [-0.15, -0.1) is 11.8 Å². The third-order valence-corrected chi connectivity index (χ3v) is 5.03. The summed E-state index contributed by atoms with van der Waals surface area (Å²) in [6, 6.07) is 9.15. The van der Waals surface area contributed by atoms with E-state index in [1.54, 1.807) is 16.7 Å². The lowest BCUT2D eigenvalue weighted by molar-refractivity contribution is -0.149. The third-order valence-electron chi connectivity index (χ3n) is 3.67. The number of benzene rings is 1. The van der Waals surface area contributed by atoms with Gasteiger partial charge in [-0.3, -0.25) is 4.79 Å². The Balaban J connectivity index is 2.01. The number of aliphatic carboxylic acids is 1. The van der Waals surface area contributed by atoms with Crippen LogP contribution in [-0.4, -0.2) is 39.1 Å². The minimum absolute atomic E-state index is 0.0133. The van der Waals surface area contributed by atoms with E-state index in [-0.39, 0.29) is 11.3 Å². The van der Waals surface area contributed by atoms with E-state index in [1.165, 1.54) is 0 Å². The Labute approximate surface area is 129 Å². The second-order valence-electron chi connectivity index (χ2n) is 5.22. The van der Waals surface area contributed by atoms with Gasteiger partial charge in [-0.2, -0.15) is 0 Å². The third kappa shape index (κ3) is 4.00. The SMILES string of the molecule is CCCC1SCC(C(=O)O)N1C(=O)CCc1ccccc1. The molecule has 2 unspecified atom stereocenters. The number of carboxylic acids is 1. The van der Waals surface area contributed by atoms with E-state index in [9.17, 15) is 14.7 Å². The maximum atomic E-state index is 12.5. The number of rotatable bonds is 6. The zero-order chi connectivity index (χ0) is 15.2. The Morgan fingerprint density at radius 2 is 2.05 bits per heavy atom. The molecule has 1 aliphatic rings. The molecule has 21 heavy (non-hydrogen) atoms. The van der Waals surface area contributed by atoms with Crippen molar-refractivity contribution in [1.82, 2.24) is 4.90 Å². The number of amides is 1. The highest BCUT2D eigenvalue weighted by Crippen LogP contribution is 2.33. The smallest absolute Gasteiger partial charge is 0.327 e. The second-order valence-corrected chi connectivity index (χ2v) is 6.43. The van der Waals surface area contributed by atoms with Gasteiger partial charge in [0.2, 0.25) is 5.91 Å². The van der Waals surface area contributed by atoms with E-state index in [0.717, 1.165) is 18.4 Å². The van der Waals surface area contributed by atoms with Crippen molar-refractivity contribution >= 4 is 23.6 Å². The standard InChI is InChI=1S/C16H21NO3S/c1-2-6-15-17(13(11-21-15)16(19)20)14(18)10-9-12-7-4-3-5-8-12/h3-5,7-8,13,15H,2,6,9-11H2,1H3,(H,19,20). The number of carbonyl (C=O) groups is 2. The first-order valence-electron chi connectivity index (χ1n) is 7.33. The van der Waals surface area contributed by atoms with Crippen molar-refractivity contribution in [3.05, 3.63) is 35.9 Å². The maximum absolute atomic E-state index is 12.5. The quantitative estimate of drug-likeness (QED) is 0.878. The highest BCUT2D eigenvalue weighted by molar-refractivity contribution is 8.00. The fourth-order valence-electron chi connectivity index (χ4n) is 2.58. The van der Waals surface area contributed by atoms with Crippen LogP contribution in [0.2, 0.25) is 0 Å². The molecule has 1 heterocycles. The van der Waals surface area contributed by atoms with E-state index >= 15 is 0 Å². The molecule has 114 valence electrons. The Kier molecular flexibility index (Phi) is 5.67. The van der Waals surface area contributed by atoms with E-state index in [0.29, 0.717) is 18.6 Å². The lowest BCUT2D eigenvalue weighted by Crippen LogP contribution is -2.45. The fourth-order valence-corrected chi connectivity index (χ4v) is 4.12. The normalized spacial score (nSPS) is 21.5. The Hall–Kier alpha value is -1.49. The van der Waals surface area contributed by atoms with Crippen molar-refractivity contribution in [1.29, 1.82) is 0 Å². The molecule has 4 nitrogen and oxygen atoms in total. The molecular formula is C16H21NO3S. The molecule has 0 bridgehead atoms. The number of thioether (sulfide) groups is 1. The molecule has 0 saturated carbocycles. The van der Waals surface area contributed by atoms with Crippen molar-refractivity contribution in [2.45, 2.75) is 44.0 Å². The number of hydrogen-bond donors (Lipinski definition) is 1. The summed E-state index contributed by atoms with van der Waals surface area (Å²) in [4.78, 5) is 25.4. The van der Waals surface area contributed by atoms with E-state index in [4.69, 9.17) is 0 Å². The molecule has 1 fully saturated rings. The van der Waals surface area contributed by atoms with Crippen molar-refractivity contribution < 1.29 is 14.7 Å². The van der Waals surface area contributed by atoms with Crippen molar-refractivity contribution in [3.8, 4) is 0 Å². The molecule has 1 N–H and O–H groups in total. The molecular weight excluding hydrogens is 286 g/mol. The predicted octanol–water partition coefficient (Wildman–Crippen LogP) is 2.77. The van der Waals surface area contributed by atoms with Crippen LogP contribution >= 0.6 is 11.8 Å². The van der Waals surface area contributed by atoms with E-state index in [2.05, 4.69) is 6.92 Å². The van der Waals surface area contributed by atoms with Crippen LogP contribution in [0.4, 0.5) is 0 Å². The van der Waals surface area contributed by atoms with Gasteiger partial charge in [0.25, 0.3) is 0 Å². The van der Waals surface area contributed by atoms with E-state index < -0.39 is 12.0 Å². The van der Waals surface area contributed by atoms with Gasteiger partial charge in [-0.25, -0.2) is 4.79 Å². The van der Waals surface area contributed by atoms with Gasteiger partial charge in [0.05, 0.1) is 5.37 Å². The van der Waals surface area contributed by atoms with Gasteiger partial charge >= 0.3 is 5.97 Å². The van der Waals surface area contributed by atoms with Gasteiger partial charge in [0.15, 0.2) is 0 Å². The van der Waals surface area contributed by atoms with Gasteiger partial charge in [-0.1, -0.05) is 43.7 Å². The Morgan fingerprint density at radius 1 is 1.33 bits per heavy atom. The van der Waals surface area contributed by atoms with Crippen LogP contribution in [-0.2, 0) is 16.0 Å². The highest BCUT2D eigenvalue weighted by Gasteiger charge is 2.40. The summed E-state index contributed by atoms with van der Waals surface area (Å²) >= 11 is 1.59. The summed E-state index contributed by atoms with van der Waals surface area (Å²) in [7, 11) is 0. The van der Waals surface area contributed by atoms with Crippen LogP contribution in [0, 0.1) is 0 Å². The number of carbonyl (C=O) groups excluding carboxylic acids is 1. The van der Waals surface area contributed by atoms with Gasteiger partial charge in [0.1, 0.15) is 6.04 Å². The summed E-state index contributed by atoms with van der Waals surface area (Å²) in [5.74, 6) is -0.444.